The topological polar surface area (TPSA) is 67.9 Å². The van der Waals surface area contributed by atoms with Crippen molar-refractivity contribution in [3.8, 4) is 11.5 Å². The Morgan fingerprint density at radius 3 is 2.39 bits per heavy atom. The number of nitrogens with zero attached hydrogens (tertiary/aromatic N) is 1. The number of benzene rings is 2. The molecule has 33 heavy (non-hydrogen) atoms. The first-order valence-electron chi connectivity index (χ1n) is 11.8. The lowest BCUT2D eigenvalue weighted by Crippen LogP contribution is -2.52. The van der Waals surface area contributed by atoms with Gasteiger partial charge < -0.3 is 19.7 Å². The van der Waals surface area contributed by atoms with Crippen molar-refractivity contribution >= 4 is 11.8 Å². The third-order valence-electron chi connectivity index (χ3n) is 6.28. The summed E-state index contributed by atoms with van der Waals surface area (Å²) in [6.45, 7) is 6.14. The number of carbonyl (C=O) groups excluding carboxylic acids is 2. The number of hydrogen-bond acceptors (Lipinski definition) is 4. The molecule has 178 valence electrons. The van der Waals surface area contributed by atoms with E-state index in [0.717, 1.165) is 48.1 Å². The fraction of sp³-hybridized carbons (Fsp3) is 0.481. The number of nitrogens with one attached hydrogen (secondary N) is 1. The van der Waals surface area contributed by atoms with E-state index in [1.165, 1.54) is 0 Å². The van der Waals surface area contributed by atoms with Crippen LogP contribution in [-0.4, -0.2) is 42.5 Å². The van der Waals surface area contributed by atoms with Crippen LogP contribution in [0.2, 0.25) is 0 Å². The lowest BCUT2D eigenvalue weighted by atomic mass is 10.1. The van der Waals surface area contributed by atoms with E-state index < -0.39 is 6.04 Å². The van der Waals surface area contributed by atoms with Gasteiger partial charge in [-0.25, -0.2) is 0 Å². The predicted octanol–water partition coefficient (Wildman–Crippen LogP) is 4.56. The molecule has 2 amide bonds. The van der Waals surface area contributed by atoms with Crippen LogP contribution >= 0.6 is 0 Å². The van der Waals surface area contributed by atoms with Crippen LogP contribution in [0.25, 0.3) is 0 Å². The first-order chi connectivity index (χ1) is 15.9. The van der Waals surface area contributed by atoms with E-state index in [9.17, 15) is 9.59 Å². The second kappa shape index (κ2) is 11.7. The third-order valence-corrected chi connectivity index (χ3v) is 6.28. The molecule has 0 heterocycles. The molecular weight excluding hydrogens is 416 g/mol. The molecule has 3 rings (SSSR count). The van der Waals surface area contributed by atoms with E-state index in [2.05, 4.69) is 5.32 Å². The van der Waals surface area contributed by atoms with Gasteiger partial charge in [0.1, 0.15) is 17.5 Å². The minimum Gasteiger partial charge on any atom is -0.497 e. The number of rotatable bonds is 10. The summed E-state index contributed by atoms with van der Waals surface area (Å²) in [7, 11) is 1.62. The molecule has 6 heteroatoms. The predicted molar refractivity (Wildman–Crippen MR) is 129 cm³/mol. The van der Waals surface area contributed by atoms with Crippen molar-refractivity contribution in [3.05, 3.63) is 59.2 Å². The first-order valence-corrected chi connectivity index (χ1v) is 11.8. The molecule has 0 radical (unpaired) electrons. The fourth-order valence-electron chi connectivity index (χ4n) is 4.40. The largest absolute Gasteiger partial charge is 0.497 e. The second-order valence-corrected chi connectivity index (χ2v) is 8.84. The van der Waals surface area contributed by atoms with Gasteiger partial charge in [-0.3, -0.25) is 9.59 Å². The minimum atomic E-state index is -0.553. The summed E-state index contributed by atoms with van der Waals surface area (Å²) >= 11 is 0. The highest BCUT2D eigenvalue weighted by atomic mass is 16.5. The smallest absolute Gasteiger partial charge is 0.261 e. The van der Waals surface area contributed by atoms with Gasteiger partial charge in [0.05, 0.1) is 7.11 Å². The minimum absolute atomic E-state index is 0.0854. The molecule has 0 unspecified atom stereocenters. The Kier molecular flexibility index (Phi) is 8.75. The molecular formula is C27H36N2O4. The van der Waals surface area contributed by atoms with Crippen molar-refractivity contribution in [2.24, 2.45) is 0 Å². The number of aryl methyl sites for hydroxylation is 2. The zero-order valence-corrected chi connectivity index (χ0v) is 20.2. The van der Waals surface area contributed by atoms with Gasteiger partial charge in [-0.15, -0.1) is 0 Å². The molecule has 1 aliphatic carbocycles. The molecule has 0 aliphatic heterocycles. The highest BCUT2D eigenvalue weighted by Crippen LogP contribution is 2.21. The van der Waals surface area contributed by atoms with E-state index in [4.69, 9.17) is 9.47 Å². The van der Waals surface area contributed by atoms with Crippen molar-refractivity contribution in [1.82, 2.24) is 10.2 Å². The van der Waals surface area contributed by atoms with Crippen LogP contribution in [-0.2, 0) is 16.1 Å². The van der Waals surface area contributed by atoms with Crippen LogP contribution in [0.3, 0.4) is 0 Å². The molecule has 1 atom stereocenters. The van der Waals surface area contributed by atoms with E-state index >= 15 is 0 Å². The fourth-order valence-corrected chi connectivity index (χ4v) is 4.40. The summed E-state index contributed by atoms with van der Waals surface area (Å²) in [5.41, 5.74) is 3.06. The number of methoxy groups -OCH3 is 1. The maximum atomic E-state index is 13.4. The van der Waals surface area contributed by atoms with Crippen molar-refractivity contribution in [2.45, 2.75) is 71.5 Å². The number of amides is 2. The van der Waals surface area contributed by atoms with E-state index in [0.29, 0.717) is 18.7 Å². The van der Waals surface area contributed by atoms with Crippen molar-refractivity contribution in [3.63, 3.8) is 0 Å². The second-order valence-electron chi connectivity index (χ2n) is 8.84. The van der Waals surface area contributed by atoms with Crippen LogP contribution < -0.4 is 14.8 Å². The Morgan fingerprint density at radius 2 is 1.79 bits per heavy atom. The summed E-state index contributed by atoms with van der Waals surface area (Å²) in [6, 6.07) is 13.1. The lowest BCUT2D eigenvalue weighted by molar-refractivity contribution is -0.143. The summed E-state index contributed by atoms with van der Waals surface area (Å²) in [6.07, 6.45) is 4.82. The zero-order chi connectivity index (χ0) is 23.8. The molecule has 6 nitrogen and oxygen atoms in total. The normalized spacial score (nSPS) is 14.5. The van der Waals surface area contributed by atoms with E-state index in [1.807, 2.05) is 63.2 Å². The van der Waals surface area contributed by atoms with Gasteiger partial charge in [0.15, 0.2) is 6.61 Å². The van der Waals surface area contributed by atoms with E-state index in [-0.39, 0.29) is 24.5 Å². The molecule has 0 aromatic heterocycles. The van der Waals surface area contributed by atoms with Crippen LogP contribution in [0.4, 0.5) is 0 Å². The SMILES string of the molecule is CC[C@H](C(=O)NC1CCCC1)N(Cc1ccc(OC)cc1)C(=O)COc1ccc(C)cc1C. The first kappa shape index (κ1) is 24.6. The Labute approximate surface area is 197 Å². The summed E-state index contributed by atoms with van der Waals surface area (Å²) in [4.78, 5) is 28.2. The standard InChI is InChI=1S/C27H36N2O4/c1-5-24(27(31)28-22-8-6-7-9-22)29(17-21-11-13-23(32-4)14-12-21)26(30)18-33-25-15-10-19(2)16-20(25)3/h10-16,22,24H,5-9,17-18H2,1-4H3,(H,28,31)/t24-/m1/s1. The number of carbonyl (C=O) groups is 2. The van der Waals surface area contributed by atoms with Gasteiger partial charge >= 0.3 is 0 Å². The van der Waals surface area contributed by atoms with Crippen LogP contribution in [0.15, 0.2) is 42.5 Å². The maximum Gasteiger partial charge on any atom is 0.261 e. The van der Waals surface area contributed by atoms with E-state index in [1.54, 1.807) is 12.0 Å². The zero-order valence-electron chi connectivity index (χ0n) is 20.2. The molecule has 1 N–H and O–H groups in total. The maximum absolute atomic E-state index is 13.4. The van der Waals surface area contributed by atoms with Gasteiger partial charge in [0.2, 0.25) is 5.91 Å². The average molecular weight is 453 g/mol. The molecule has 0 saturated heterocycles. The molecule has 2 aromatic rings. The van der Waals surface area contributed by atoms with Crippen LogP contribution in [0, 0.1) is 13.8 Å². The van der Waals surface area contributed by atoms with Crippen molar-refractivity contribution in [1.29, 1.82) is 0 Å². The van der Waals surface area contributed by atoms with Gasteiger partial charge in [-0.1, -0.05) is 49.6 Å². The molecule has 0 spiro atoms. The molecule has 2 aromatic carbocycles. The number of ether oxygens (including phenoxy) is 2. The number of hydrogen-bond donors (Lipinski definition) is 1. The quantitative estimate of drug-likeness (QED) is 0.574. The Bertz CT molecular complexity index is 936. The molecule has 1 fully saturated rings. The Balaban J connectivity index is 1.77. The average Bonchev–Trinajstić information content (AvgIpc) is 3.31. The van der Waals surface area contributed by atoms with Crippen LogP contribution in [0.5, 0.6) is 11.5 Å². The van der Waals surface area contributed by atoms with Gasteiger partial charge in [0.25, 0.3) is 5.91 Å². The molecule has 0 bridgehead atoms. The van der Waals surface area contributed by atoms with Gasteiger partial charge in [-0.05, 0) is 62.4 Å². The monoisotopic (exact) mass is 452 g/mol. The van der Waals surface area contributed by atoms with Crippen LogP contribution in [0.1, 0.15) is 55.7 Å². The summed E-state index contributed by atoms with van der Waals surface area (Å²) in [5.74, 6) is 1.14. The summed E-state index contributed by atoms with van der Waals surface area (Å²) in [5, 5.41) is 3.16. The van der Waals surface area contributed by atoms with Crippen molar-refractivity contribution < 1.29 is 19.1 Å². The summed E-state index contributed by atoms with van der Waals surface area (Å²) < 4.78 is 11.1. The molecule has 1 saturated carbocycles. The Hall–Kier alpha value is -3.02. The van der Waals surface area contributed by atoms with Crippen molar-refractivity contribution in [2.75, 3.05) is 13.7 Å². The Morgan fingerprint density at radius 1 is 1.09 bits per heavy atom. The molecule has 1 aliphatic rings. The van der Waals surface area contributed by atoms with Gasteiger partial charge in [-0.2, -0.15) is 0 Å². The third kappa shape index (κ3) is 6.73. The highest BCUT2D eigenvalue weighted by Gasteiger charge is 2.31. The lowest BCUT2D eigenvalue weighted by Gasteiger charge is -2.31. The van der Waals surface area contributed by atoms with Gasteiger partial charge in [0, 0.05) is 12.6 Å². The highest BCUT2D eigenvalue weighted by molar-refractivity contribution is 5.88.